The molecule has 53 heavy (non-hydrogen) atoms. The van der Waals surface area contributed by atoms with Gasteiger partial charge in [0.05, 0.1) is 22.1 Å². The van der Waals surface area contributed by atoms with Gasteiger partial charge in [-0.3, -0.25) is 8.97 Å². The summed E-state index contributed by atoms with van der Waals surface area (Å²) in [5.41, 5.74) is 20.6. The number of fused-ring (bicyclic) bond motifs is 12. The van der Waals surface area contributed by atoms with Gasteiger partial charge in [0.1, 0.15) is 0 Å². The lowest BCUT2D eigenvalue weighted by atomic mass is 9.37. The van der Waals surface area contributed by atoms with E-state index >= 15 is 0 Å². The number of imidazole rings is 1. The largest absolute Gasteiger partial charge is 0.281 e. The minimum Gasteiger partial charge on any atom is -0.281 e. The van der Waals surface area contributed by atoms with Crippen molar-refractivity contribution in [2.24, 2.45) is 0 Å². The summed E-state index contributed by atoms with van der Waals surface area (Å²) in [6, 6.07) is 27.0. The van der Waals surface area contributed by atoms with E-state index in [9.17, 15) is 0 Å². The monoisotopic (exact) mass is 695 g/mol. The molecular formula is C49H54BN3. The molecule has 0 unspecified atom stereocenters. The normalized spacial score (nSPS) is 17.3. The smallest absolute Gasteiger partial charge is 0.248 e. The average Bonchev–Trinajstić information content (AvgIpc) is 3.61. The van der Waals surface area contributed by atoms with Gasteiger partial charge in [-0.1, -0.05) is 144 Å². The zero-order valence-electron chi connectivity index (χ0n) is 34.2. The second-order valence-electron chi connectivity index (χ2n) is 21.2. The van der Waals surface area contributed by atoms with E-state index < -0.39 is 0 Å². The summed E-state index contributed by atoms with van der Waals surface area (Å²) in [7, 11) is 0. The van der Waals surface area contributed by atoms with E-state index in [0.717, 1.165) is 17.7 Å². The van der Waals surface area contributed by atoms with Crippen LogP contribution in [0, 0.1) is 0 Å². The number of aromatic nitrogens is 3. The molecule has 7 aromatic rings. The number of hydrogen-bond donors (Lipinski definition) is 0. The molecule has 1 aliphatic carbocycles. The Kier molecular flexibility index (Phi) is 6.19. The molecule has 0 fully saturated rings. The molecule has 2 aromatic heterocycles. The van der Waals surface area contributed by atoms with Crippen molar-refractivity contribution in [2.75, 3.05) is 0 Å². The molecule has 0 amide bonds. The molecule has 0 saturated carbocycles. The SMILES string of the molecule is CC(C)(C)c1ccc2c(c1)-c1cc(C(C)(C)C)cc3c1B2c1ccc2cc4c(c5c2c1n-3c1nc2cc(C(C)(C)C)ccc2n51)C(C)(C)CCC4(C)C. The molecule has 10 rings (SSSR count). The highest BCUT2D eigenvalue weighted by Gasteiger charge is 2.45. The van der Waals surface area contributed by atoms with Crippen LogP contribution in [-0.2, 0) is 27.1 Å². The number of hydrogen-bond acceptors (Lipinski definition) is 1. The Balaban J connectivity index is 1.47. The van der Waals surface area contributed by atoms with Crippen LogP contribution in [0.2, 0.25) is 0 Å². The first-order valence-corrected chi connectivity index (χ1v) is 20.0. The van der Waals surface area contributed by atoms with Crippen LogP contribution in [-0.4, -0.2) is 20.7 Å². The molecule has 0 saturated heterocycles. The zero-order chi connectivity index (χ0) is 37.5. The van der Waals surface area contributed by atoms with Gasteiger partial charge in [-0.15, -0.1) is 0 Å². The molecule has 4 heteroatoms. The Morgan fingerprint density at radius 3 is 1.94 bits per heavy atom. The highest BCUT2D eigenvalue weighted by Crippen LogP contribution is 2.51. The maximum Gasteiger partial charge on any atom is 0.248 e. The van der Waals surface area contributed by atoms with E-state index in [1.807, 2.05) is 0 Å². The Morgan fingerprint density at radius 2 is 1.25 bits per heavy atom. The van der Waals surface area contributed by atoms with Crippen LogP contribution in [0.25, 0.3) is 55.4 Å². The van der Waals surface area contributed by atoms with Gasteiger partial charge >= 0.3 is 0 Å². The van der Waals surface area contributed by atoms with Gasteiger partial charge in [-0.25, -0.2) is 4.98 Å². The van der Waals surface area contributed by atoms with Crippen molar-refractivity contribution in [3.8, 4) is 16.8 Å². The Morgan fingerprint density at radius 1 is 0.623 bits per heavy atom. The molecule has 0 N–H and O–H groups in total. The molecule has 268 valence electrons. The van der Waals surface area contributed by atoms with Crippen molar-refractivity contribution in [2.45, 2.75) is 130 Å². The molecule has 3 aliphatic rings. The number of nitrogens with zero attached hydrogens (tertiary/aromatic N) is 3. The van der Waals surface area contributed by atoms with Crippen molar-refractivity contribution >= 4 is 61.7 Å². The van der Waals surface area contributed by atoms with Gasteiger partial charge in [0.15, 0.2) is 0 Å². The molecule has 0 radical (unpaired) electrons. The number of rotatable bonds is 0. The van der Waals surface area contributed by atoms with Gasteiger partial charge in [0.2, 0.25) is 12.5 Å². The lowest BCUT2D eigenvalue weighted by Crippen LogP contribution is -2.53. The van der Waals surface area contributed by atoms with Crippen LogP contribution >= 0.6 is 0 Å². The maximum absolute atomic E-state index is 5.72. The Hall–Kier alpha value is -4.31. The molecule has 5 aromatic carbocycles. The van der Waals surface area contributed by atoms with Gasteiger partial charge in [-0.05, 0) is 113 Å². The fourth-order valence-electron chi connectivity index (χ4n) is 10.3. The predicted molar refractivity (Wildman–Crippen MR) is 229 cm³/mol. The summed E-state index contributed by atoms with van der Waals surface area (Å²) >= 11 is 0. The van der Waals surface area contributed by atoms with E-state index in [1.165, 1.54) is 94.8 Å². The highest BCUT2D eigenvalue weighted by molar-refractivity contribution is 7.01. The standard InChI is InChI=1S/C49H54BN3/c1-45(2,3)28-15-18-34-31(23-28)32-24-30(47(7,8)9)26-38-41(32)50(34)35-17-14-27-22-33-40(49(12,13)21-20-48(33,10)11)43-39(27)42(35)53(38)44-51-36-25-29(46(4,5)6)16-19-37(36)52(43)44/h14-19,22-26H,20-21H2,1-13H3. The Labute approximate surface area is 315 Å². The van der Waals surface area contributed by atoms with Crippen molar-refractivity contribution in [3.05, 3.63) is 94.5 Å². The van der Waals surface area contributed by atoms with Crippen LogP contribution in [0.3, 0.4) is 0 Å². The van der Waals surface area contributed by atoms with Crippen molar-refractivity contribution in [3.63, 3.8) is 0 Å². The Bertz CT molecular complexity index is 2780. The molecule has 0 bridgehead atoms. The summed E-state index contributed by atoms with van der Waals surface area (Å²) in [5, 5.41) is 2.72. The quantitative estimate of drug-likeness (QED) is 0.145. The van der Waals surface area contributed by atoms with Crippen LogP contribution in [0.15, 0.2) is 66.7 Å². The summed E-state index contributed by atoms with van der Waals surface area (Å²) < 4.78 is 5.18. The molecule has 2 aliphatic heterocycles. The highest BCUT2D eigenvalue weighted by atomic mass is 15.2. The third-order valence-electron chi connectivity index (χ3n) is 13.6. The maximum atomic E-state index is 5.72. The van der Waals surface area contributed by atoms with Gasteiger partial charge in [0.25, 0.3) is 0 Å². The van der Waals surface area contributed by atoms with Crippen molar-refractivity contribution in [1.82, 2.24) is 14.0 Å². The van der Waals surface area contributed by atoms with E-state index in [4.69, 9.17) is 4.98 Å². The van der Waals surface area contributed by atoms with E-state index in [1.54, 1.807) is 0 Å². The van der Waals surface area contributed by atoms with Crippen molar-refractivity contribution in [1.29, 1.82) is 0 Å². The lowest BCUT2D eigenvalue weighted by Gasteiger charge is -2.43. The van der Waals surface area contributed by atoms with E-state index in [-0.39, 0.29) is 33.8 Å². The number of benzene rings is 5. The van der Waals surface area contributed by atoms with E-state index in [2.05, 4.69) is 166 Å². The van der Waals surface area contributed by atoms with Crippen LogP contribution in [0.1, 0.15) is 131 Å². The summed E-state index contributed by atoms with van der Waals surface area (Å²) in [6.07, 6.45) is 2.34. The zero-order valence-corrected chi connectivity index (χ0v) is 34.2. The molecule has 0 spiro atoms. The van der Waals surface area contributed by atoms with Crippen LogP contribution in [0.5, 0.6) is 0 Å². The topological polar surface area (TPSA) is 22.2 Å². The summed E-state index contributed by atoms with van der Waals surface area (Å²) in [5.74, 6) is 1.03. The van der Waals surface area contributed by atoms with Gasteiger partial charge in [-0.2, -0.15) is 0 Å². The molecule has 3 nitrogen and oxygen atoms in total. The predicted octanol–water partition coefficient (Wildman–Crippen LogP) is 10.6. The third kappa shape index (κ3) is 4.33. The minimum atomic E-state index is -0.0260. The first kappa shape index (κ1) is 33.3. The third-order valence-corrected chi connectivity index (χ3v) is 13.6. The van der Waals surface area contributed by atoms with E-state index in [0.29, 0.717) is 0 Å². The second-order valence-corrected chi connectivity index (χ2v) is 21.2. The lowest BCUT2D eigenvalue weighted by molar-refractivity contribution is 0.334. The fraction of sp³-hybridized carbons (Fsp3) is 0.408. The first-order valence-electron chi connectivity index (χ1n) is 20.0. The second kappa shape index (κ2) is 9.86. The molecular weight excluding hydrogens is 641 g/mol. The average molecular weight is 696 g/mol. The first-order chi connectivity index (χ1) is 24.7. The molecule has 4 heterocycles. The van der Waals surface area contributed by atoms with Crippen LogP contribution < -0.4 is 16.4 Å². The summed E-state index contributed by atoms with van der Waals surface area (Å²) in [6.45, 7) is 31.1. The van der Waals surface area contributed by atoms with Crippen molar-refractivity contribution < 1.29 is 0 Å². The fourth-order valence-corrected chi connectivity index (χ4v) is 10.3. The van der Waals surface area contributed by atoms with Gasteiger partial charge in [0, 0.05) is 11.1 Å². The summed E-state index contributed by atoms with van der Waals surface area (Å²) in [4.78, 5) is 5.72. The van der Waals surface area contributed by atoms with Gasteiger partial charge < -0.3 is 0 Å². The molecule has 0 atom stereocenters. The minimum absolute atomic E-state index is 0.0148. The van der Waals surface area contributed by atoms with Crippen LogP contribution in [0.4, 0.5) is 0 Å².